The maximum absolute atomic E-state index is 12.7. The van der Waals surface area contributed by atoms with Gasteiger partial charge in [0.15, 0.2) is 0 Å². The van der Waals surface area contributed by atoms with Crippen LogP contribution in [0.15, 0.2) is 59.5 Å². The molecule has 1 heterocycles. The molecule has 0 unspecified atom stereocenters. The molecular formula is C19H16F3N3O2. The summed E-state index contributed by atoms with van der Waals surface area (Å²) in [4.78, 5) is 26.6. The average molecular weight is 375 g/mol. The molecule has 3 aromatic rings. The van der Waals surface area contributed by atoms with Gasteiger partial charge >= 0.3 is 11.9 Å². The largest absolute Gasteiger partial charge is 0.416 e. The number of nitrogens with one attached hydrogen (secondary N) is 2. The summed E-state index contributed by atoms with van der Waals surface area (Å²) in [5.74, 6) is -0.419. The number of aromatic amines is 1. The van der Waals surface area contributed by atoms with Crippen molar-refractivity contribution in [2.24, 2.45) is 0 Å². The molecule has 5 nitrogen and oxygen atoms in total. The van der Waals surface area contributed by atoms with Gasteiger partial charge in [0.2, 0.25) is 0 Å². The maximum atomic E-state index is 12.7. The second kappa shape index (κ2) is 7.14. The molecule has 8 heteroatoms. The molecule has 0 saturated heterocycles. The highest BCUT2D eigenvalue weighted by Gasteiger charge is 2.30. The third-order valence-corrected chi connectivity index (χ3v) is 4.06. The fraction of sp³-hybridized carbons (Fsp3) is 0.158. The number of halogens is 3. The topological polar surface area (TPSA) is 66.9 Å². The van der Waals surface area contributed by atoms with Crippen LogP contribution in [0.3, 0.4) is 0 Å². The fourth-order valence-corrected chi connectivity index (χ4v) is 2.68. The van der Waals surface area contributed by atoms with Crippen LogP contribution in [0.5, 0.6) is 0 Å². The number of hydrogen-bond acceptors (Lipinski definition) is 2. The van der Waals surface area contributed by atoms with Crippen LogP contribution in [0.4, 0.5) is 13.2 Å². The zero-order valence-corrected chi connectivity index (χ0v) is 14.3. The van der Waals surface area contributed by atoms with E-state index in [-0.39, 0.29) is 12.2 Å². The molecule has 0 atom stereocenters. The van der Waals surface area contributed by atoms with Gasteiger partial charge in [-0.3, -0.25) is 9.36 Å². The summed E-state index contributed by atoms with van der Waals surface area (Å²) < 4.78 is 39.6. The van der Waals surface area contributed by atoms with E-state index in [1.165, 1.54) is 16.7 Å². The number of aryl methyl sites for hydroxylation is 1. The third-order valence-electron chi connectivity index (χ3n) is 4.06. The van der Waals surface area contributed by atoms with Crippen LogP contribution < -0.4 is 11.0 Å². The van der Waals surface area contributed by atoms with E-state index >= 15 is 0 Å². The van der Waals surface area contributed by atoms with Gasteiger partial charge in [-0.2, -0.15) is 13.2 Å². The first-order chi connectivity index (χ1) is 12.8. The van der Waals surface area contributed by atoms with Crippen LogP contribution in [0, 0.1) is 6.92 Å². The number of benzene rings is 2. The lowest BCUT2D eigenvalue weighted by Crippen LogP contribution is -2.23. The Morgan fingerprint density at radius 1 is 1.15 bits per heavy atom. The van der Waals surface area contributed by atoms with Gasteiger partial charge in [0.05, 0.1) is 11.3 Å². The van der Waals surface area contributed by atoms with Gasteiger partial charge in [-0.05, 0) is 48.9 Å². The molecule has 1 aromatic heterocycles. The zero-order chi connectivity index (χ0) is 19.6. The number of hydrogen-bond donors (Lipinski definition) is 2. The first kappa shape index (κ1) is 18.5. The lowest BCUT2D eigenvalue weighted by atomic mass is 10.1. The Bertz CT molecular complexity index is 1020. The molecule has 0 spiro atoms. The van der Waals surface area contributed by atoms with Gasteiger partial charge in [-0.25, -0.2) is 4.79 Å². The van der Waals surface area contributed by atoms with Gasteiger partial charge in [-0.15, -0.1) is 0 Å². The molecule has 0 aliphatic rings. The van der Waals surface area contributed by atoms with Crippen LogP contribution in [0.25, 0.3) is 5.69 Å². The normalized spacial score (nSPS) is 11.4. The summed E-state index contributed by atoms with van der Waals surface area (Å²) in [6, 6.07) is 11.2. The average Bonchev–Trinajstić information content (AvgIpc) is 2.98. The van der Waals surface area contributed by atoms with E-state index in [1.54, 1.807) is 37.4 Å². The number of H-pyrrole nitrogens is 1. The summed E-state index contributed by atoms with van der Waals surface area (Å²) in [7, 11) is 0. The lowest BCUT2D eigenvalue weighted by molar-refractivity contribution is -0.137. The minimum absolute atomic E-state index is 0.0269. The highest BCUT2D eigenvalue weighted by Crippen LogP contribution is 2.29. The molecule has 0 bridgehead atoms. The second-order valence-corrected chi connectivity index (χ2v) is 6.00. The van der Waals surface area contributed by atoms with Crippen LogP contribution in [0.1, 0.15) is 27.2 Å². The van der Waals surface area contributed by atoms with E-state index in [2.05, 4.69) is 10.3 Å². The Balaban J connectivity index is 1.70. The SMILES string of the molecule is Cc1c[nH]c(=O)n1-c1ccc(C(=O)NCc2cccc(C(F)(F)F)c2)cc1. The summed E-state index contributed by atoms with van der Waals surface area (Å²) in [5.41, 5.74) is 0.978. The summed E-state index contributed by atoms with van der Waals surface area (Å²) in [6.45, 7) is 1.74. The molecule has 140 valence electrons. The van der Waals surface area contributed by atoms with Crippen molar-refractivity contribution in [3.63, 3.8) is 0 Å². The number of imidazole rings is 1. The smallest absolute Gasteiger partial charge is 0.348 e. The Hall–Kier alpha value is -3.29. The predicted molar refractivity (Wildman–Crippen MR) is 93.7 cm³/mol. The number of carbonyl (C=O) groups is 1. The third kappa shape index (κ3) is 4.11. The van der Waals surface area contributed by atoms with Gasteiger partial charge in [-0.1, -0.05) is 12.1 Å². The van der Waals surface area contributed by atoms with Crippen molar-refractivity contribution in [2.45, 2.75) is 19.6 Å². The molecular weight excluding hydrogens is 359 g/mol. The monoisotopic (exact) mass is 375 g/mol. The minimum atomic E-state index is -4.43. The standard InChI is InChI=1S/C19H16F3N3O2/c1-12-10-24-18(27)25(12)16-7-5-14(6-8-16)17(26)23-11-13-3-2-4-15(9-13)19(20,21)22/h2-10H,11H2,1H3,(H,23,26)(H,24,27). The second-order valence-electron chi connectivity index (χ2n) is 6.00. The van der Waals surface area contributed by atoms with E-state index in [0.29, 0.717) is 16.8 Å². The summed E-state index contributed by atoms with van der Waals surface area (Å²) in [6.07, 6.45) is -2.84. The van der Waals surface area contributed by atoms with Crippen molar-refractivity contribution in [1.29, 1.82) is 0 Å². The molecule has 0 fully saturated rings. The summed E-state index contributed by atoms with van der Waals surface area (Å²) >= 11 is 0. The van der Waals surface area contributed by atoms with Crippen molar-refractivity contribution in [3.05, 3.63) is 87.6 Å². The van der Waals surface area contributed by atoms with Crippen LogP contribution >= 0.6 is 0 Å². The highest BCUT2D eigenvalue weighted by atomic mass is 19.4. The number of aromatic nitrogens is 2. The van der Waals surface area contributed by atoms with Gasteiger partial charge < -0.3 is 10.3 Å². The maximum Gasteiger partial charge on any atom is 0.416 e. The number of amides is 1. The number of rotatable bonds is 4. The Labute approximate surface area is 152 Å². The molecule has 2 N–H and O–H groups in total. The molecule has 1 amide bonds. The van der Waals surface area contributed by atoms with E-state index in [1.807, 2.05) is 0 Å². The van der Waals surface area contributed by atoms with Crippen molar-refractivity contribution in [2.75, 3.05) is 0 Å². The van der Waals surface area contributed by atoms with E-state index in [9.17, 15) is 22.8 Å². The van der Waals surface area contributed by atoms with Crippen molar-refractivity contribution in [1.82, 2.24) is 14.9 Å². The molecule has 2 aromatic carbocycles. The lowest BCUT2D eigenvalue weighted by Gasteiger charge is -2.10. The molecule has 27 heavy (non-hydrogen) atoms. The number of alkyl halides is 3. The Kier molecular flexibility index (Phi) is 4.89. The van der Waals surface area contributed by atoms with E-state index < -0.39 is 17.6 Å². The first-order valence-electron chi connectivity index (χ1n) is 8.07. The predicted octanol–water partition coefficient (Wildman–Crippen LogP) is 3.42. The van der Waals surface area contributed by atoms with Crippen LogP contribution in [-0.2, 0) is 12.7 Å². The summed E-state index contributed by atoms with van der Waals surface area (Å²) in [5, 5.41) is 2.59. The van der Waals surface area contributed by atoms with Crippen LogP contribution in [-0.4, -0.2) is 15.5 Å². The Morgan fingerprint density at radius 3 is 2.44 bits per heavy atom. The number of carbonyl (C=O) groups excluding carboxylic acids is 1. The number of nitrogens with zero attached hydrogens (tertiary/aromatic N) is 1. The molecule has 0 saturated carbocycles. The van der Waals surface area contributed by atoms with Crippen LogP contribution in [0.2, 0.25) is 0 Å². The van der Waals surface area contributed by atoms with E-state index in [4.69, 9.17) is 0 Å². The van der Waals surface area contributed by atoms with Crippen molar-refractivity contribution < 1.29 is 18.0 Å². The first-order valence-corrected chi connectivity index (χ1v) is 8.07. The molecule has 3 rings (SSSR count). The van der Waals surface area contributed by atoms with Gasteiger partial charge in [0.25, 0.3) is 5.91 Å². The fourth-order valence-electron chi connectivity index (χ4n) is 2.68. The minimum Gasteiger partial charge on any atom is -0.348 e. The zero-order valence-electron chi connectivity index (χ0n) is 14.3. The molecule has 0 aliphatic carbocycles. The van der Waals surface area contributed by atoms with Crippen molar-refractivity contribution in [3.8, 4) is 5.69 Å². The van der Waals surface area contributed by atoms with Crippen molar-refractivity contribution >= 4 is 5.91 Å². The van der Waals surface area contributed by atoms with E-state index in [0.717, 1.165) is 17.8 Å². The van der Waals surface area contributed by atoms with Gasteiger partial charge in [0.1, 0.15) is 0 Å². The molecule has 0 radical (unpaired) electrons. The Morgan fingerprint density at radius 2 is 1.85 bits per heavy atom. The highest BCUT2D eigenvalue weighted by molar-refractivity contribution is 5.94. The quantitative estimate of drug-likeness (QED) is 0.734. The van der Waals surface area contributed by atoms with Gasteiger partial charge in [0, 0.05) is 24.0 Å². The molecule has 0 aliphatic heterocycles.